The predicted octanol–water partition coefficient (Wildman–Crippen LogP) is 3.23. The zero-order valence-electron chi connectivity index (χ0n) is 22.5. The van der Waals surface area contributed by atoms with E-state index in [0.717, 1.165) is 61.9 Å². The van der Waals surface area contributed by atoms with E-state index in [4.69, 9.17) is 4.74 Å². The monoisotopic (exact) mass is 520 g/mol. The molecule has 1 aliphatic carbocycles. The van der Waals surface area contributed by atoms with Crippen LogP contribution in [0.15, 0.2) is 48.5 Å². The van der Waals surface area contributed by atoms with Crippen molar-refractivity contribution in [2.75, 3.05) is 33.8 Å². The molecule has 2 aromatic rings. The van der Waals surface area contributed by atoms with Crippen molar-refractivity contribution in [2.45, 2.75) is 57.0 Å². The topological polar surface area (TPSA) is 99.8 Å². The molecule has 2 aromatic carbocycles. The first-order chi connectivity index (χ1) is 18.5. The molecule has 204 valence electrons. The Hall–Kier alpha value is -3.39. The molecule has 1 heterocycles. The van der Waals surface area contributed by atoms with Crippen LogP contribution in [0.4, 0.5) is 0 Å². The van der Waals surface area contributed by atoms with E-state index in [1.807, 2.05) is 47.4 Å². The smallest absolute Gasteiger partial charge is 0.251 e. The summed E-state index contributed by atoms with van der Waals surface area (Å²) in [5, 5.41) is 8.95. The lowest BCUT2D eigenvalue weighted by atomic mass is 9.89. The van der Waals surface area contributed by atoms with Crippen LogP contribution in [0.1, 0.15) is 65.9 Å². The van der Waals surface area contributed by atoms with E-state index in [0.29, 0.717) is 18.7 Å². The number of likely N-dealkylation sites (tertiary alicyclic amines) is 1. The van der Waals surface area contributed by atoms with Gasteiger partial charge in [-0.25, -0.2) is 0 Å². The highest BCUT2D eigenvalue weighted by atomic mass is 16.5. The molecule has 2 aliphatic rings. The summed E-state index contributed by atoms with van der Waals surface area (Å²) in [4.78, 5) is 40.5. The van der Waals surface area contributed by atoms with Gasteiger partial charge in [0.05, 0.1) is 13.7 Å². The molecular weight excluding hydrogens is 480 g/mol. The van der Waals surface area contributed by atoms with Gasteiger partial charge in [-0.1, -0.05) is 37.1 Å². The number of methoxy groups -OCH3 is 1. The first-order valence-corrected chi connectivity index (χ1v) is 13.7. The highest BCUT2D eigenvalue weighted by molar-refractivity contribution is 5.97. The van der Waals surface area contributed by atoms with Crippen LogP contribution in [-0.2, 0) is 16.1 Å². The number of nitrogens with zero attached hydrogens (tertiary/aromatic N) is 1. The molecule has 4 rings (SSSR count). The molecule has 1 unspecified atom stereocenters. The van der Waals surface area contributed by atoms with Gasteiger partial charge >= 0.3 is 0 Å². The number of likely N-dealkylation sites (N-methyl/N-ethyl adjacent to an activating group) is 1. The highest BCUT2D eigenvalue weighted by Gasteiger charge is 2.32. The number of piperidine rings is 1. The molecule has 0 radical (unpaired) electrons. The maximum Gasteiger partial charge on any atom is 0.251 e. The third-order valence-corrected chi connectivity index (χ3v) is 7.85. The maximum absolute atomic E-state index is 13.1. The van der Waals surface area contributed by atoms with Crippen molar-refractivity contribution in [1.82, 2.24) is 20.9 Å². The largest absolute Gasteiger partial charge is 0.497 e. The second-order valence-corrected chi connectivity index (χ2v) is 10.4. The predicted molar refractivity (Wildman–Crippen MR) is 147 cm³/mol. The Bertz CT molecular complexity index is 1100. The number of nitrogens with one attached hydrogen (secondary N) is 3. The first-order valence-electron chi connectivity index (χ1n) is 13.7. The van der Waals surface area contributed by atoms with E-state index >= 15 is 0 Å². The summed E-state index contributed by atoms with van der Waals surface area (Å²) < 4.78 is 5.19. The van der Waals surface area contributed by atoms with Crippen molar-refractivity contribution in [2.24, 2.45) is 5.92 Å². The van der Waals surface area contributed by atoms with Gasteiger partial charge in [0.25, 0.3) is 5.91 Å². The van der Waals surface area contributed by atoms with E-state index in [-0.39, 0.29) is 36.1 Å². The van der Waals surface area contributed by atoms with Gasteiger partial charge in [-0.05, 0) is 67.0 Å². The van der Waals surface area contributed by atoms with Crippen molar-refractivity contribution >= 4 is 17.7 Å². The van der Waals surface area contributed by atoms with Gasteiger partial charge in [0.2, 0.25) is 11.8 Å². The van der Waals surface area contributed by atoms with Crippen LogP contribution in [0, 0.1) is 5.92 Å². The molecule has 2 fully saturated rings. The van der Waals surface area contributed by atoms with Gasteiger partial charge < -0.3 is 25.6 Å². The van der Waals surface area contributed by atoms with Gasteiger partial charge in [0.15, 0.2) is 0 Å². The van der Waals surface area contributed by atoms with Crippen molar-refractivity contribution in [1.29, 1.82) is 0 Å². The number of ether oxygens (including phenoxy) is 1. The lowest BCUT2D eigenvalue weighted by Crippen LogP contribution is -2.49. The van der Waals surface area contributed by atoms with Crippen LogP contribution < -0.4 is 20.7 Å². The van der Waals surface area contributed by atoms with Crippen LogP contribution in [-0.4, -0.2) is 62.5 Å². The summed E-state index contributed by atoms with van der Waals surface area (Å²) in [6, 6.07) is 14.9. The third-order valence-electron chi connectivity index (χ3n) is 7.85. The standard InChI is InChI=1S/C30H40N4O4/c1-31-30(37)28(22-7-3-4-8-22)33-29(36)24-10-5-9-23(17-24)25-11-6-16-34(20-25)27(35)19-32-18-21-12-14-26(38-2)15-13-21/h5,9-10,12-15,17,22,25,28,32H,3-4,6-8,11,16,18-20H2,1-2H3,(H,31,37)(H,33,36)/t25?,28-/m1/s1. The van der Waals surface area contributed by atoms with E-state index in [1.54, 1.807) is 20.2 Å². The van der Waals surface area contributed by atoms with Crippen LogP contribution in [0.25, 0.3) is 0 Å². The molecule has 2 atom stereocenters. The molecular formula is C30H40N4O4. The lowest BCUT2D eigenvalue weighted by molar-refractivity contribution is -0.131. The molecule has 38 heavy (non-hydrogen) atoms. The van der Waals surface area contributed by atoms with Crippen LogP contribution in [0.2, 0.25) is 0 Å². The number of rotatable bonds is 10. The average molecular weight is 521 g/mol. The summed E-state index contributed by atoms with van der Waals surface area (Å²) in [7, 11) is 3.25. The van der Waals surface area contributed by atoms with Crippen molar-refractivity contribution in [3.8, 4) is 5.75 Å². The maximum atomic E-state index is 13.1. The van der Waals surface area contributed by atoms with E-state index in [2.05, 4.69) is 16.0 Å². The molecule has 8 nitrogen and oxygen atoms in total. The lowest BCUT2D eigenvalue weighted by Gasteiger charge is -2.33. The Morgan fingerprint density at radius 3 is 2.50 bits per heavy atom. The quantitative estimate of drug-likeness (QED) is 0.447. The Morgan fingerprint density at radius 1 is 1.03 bits per heavy atom. The van der Waals surface area contributed by atoms with Gasteiger partial charge in [-0.15, -0.1) is 0 Å². The zero-order valence-corrected chi connectivity index (χ0v) is 22.5. The molecule has 1 aliphatic heterocycles. The molecule has 0 bridgehead atoms. The van der Waals surface area contributed by atoms with Gasteiger partial charge in [-0.2, -0.15) is 0 Å². The van der Waals surface area contributed by atoms with Crippen molar-refractivity contribution in [3.05, 3.63) is 65.2 Å². The number of carbonyl (C=O) groups is 3. The summed E-state index contributed by atoms with van der Waals surface area (Å²) >= 11 is 0. The second kappa shape index (κ2) is 13.4. The van der Waals surface area contributed by atoms with Gasteiger partial charge in [-0.3, -0.25) is 14.4 Å². The summed E-state index contributed by atoms with van der Waals surface area (Å²) in [5.74, 6) is 0.889. The minimum absolute atomic E-state index is 0.0853. The Balaban J connectivity index is 1.33. The fourth-order valence-electron chi connectivity index (χ4n) is 5.65. The number of hydrogen-bond donors (Lipinski definition) is 3. The summed E-state index contributed by atoms with van der Waals surface area (Å²) in [5.41, 5.74) is 2.70. The molecule has 3 N–H and O–H groups in total. The Labute approximate surface area is 225 Å². The molecule has 8 heteroatoms. The minimum Gasteiger partial charge on any atom is -0.497 e. The van der Waals surface area contributed by atoms with Crippen LogP contribution in [0.3, 0.4) is 0 Å². The molecule has 3 amide bonds. The fraction of sp³-hybridized carbons (Fsp3) is 0.500. The number of hydrogen-bond acceptors (Lipinski definition) is 5. The molecule has 1 saturated heterocycles. The van der Waals surface area contributed by atoms with Crippen molar-refractivity contribution in [3.63, 3.8) is 0 Å². The van der Waals surface area contributed by atoms with Crippen molar-refractivity contribution < 1.29 is 19.1 Å². The first kappa shape index (κ1) is 27.6. The van der Waals surface area contributed by atoms with Gasteiger partial charge in [0, 0.05) is 38.2 Å². The van der Waals surface area contributed by atoms with E-state index in [9.17, 15) is 14.4 Å². The molecule has 0 spiro atoms. The SMILES string of the molecule is CNC(=O)[C@H](NC(=O)c1cccc(C2CCCN(C(=O)CNCc3ccc(OC)cc3)C2)c1)C1CCCC1. The Kier molecular flexibility index (Phi) is 9.76. The van der Waals surface area contributed by atoms with Crippen LogP contribution >= 0.6 is 0 Å². The Morgan fingerprint density at radius 2 is 1.79 bits per heavy atom. The highest BCUT2D eigenvalue weighted by Crippen LogP contribution is 2.29. The summed E-state index contributed by atoms with van der Waals surface area (Å²) in [6.45, 7) is 2.28. The third kappa shape index (κ3) is 7.13. The van der Waals surface area contributed by atoms with E-state index in [1.165, 1.54) is 0 Å². The molecule has 1 saturated carbocycles. The average Bonchev–Trinajstić information content (AvgIpc) is 3.50. The summed E-state index contributed by atoms with van der Waals surface area (Å²) in [6.07, 6.45) is 6.00. The normalized spacial score (nSPS) is 18.6. The van der Waals surface area contributed by atoms with Gasteiger partial charge in [0.1, 0.15) is 11.8 Å². The number of amides is 3. The van der Waals surface area contributed by atoms with Crippen LogP contribution in [0.5, 0.6) is 5.75 Å². The second-order valence-electron chi connectivity index (χ2n) is 10.4. The fourth-order valence-corrected chi connectivity index (χ4v) is 5.65. The zero-order chi connectivity index (χ0) is 26.9. The number of benzene rings is 2. The molecule has 0 aromatic heterocycles. The number of carbonyl (C=O) groups excluding carboxylic acids is 3. The minimum atomic E-state index is -0.508. The van der Waals surface area contributed by atoms with E-state index < -0.39 is 6.04 Å².